The van der Waals surface area contributed by atoms with Crippen molar-refractivity contribution in [1.82, 2.24) is 0 Å². The number of aryl methyl sites for hydroxylation is 1. The van der Waals surface area contributed by atoms with E-state index in [0.717, 1.165) is 5.56 Å². The second kappa shape index (κ2) is 6.13. The van der Waals surface area contributed by atoms with E-state index in [2.05, 4.69) is 4.36 Å². The molecule has 0 spiro atoms. The van der Waals surface area contributed by atoms with E-state index in [1.165, 1.54) is 11.3 Å². The summed E-state index contributed by atoms with van der Waals surface area (Å²) in [5.74, 6) is -0.403. The normalized spacial score (nSPS) is 17.8. The van der Waals surface area contributed by atoms with Gasteiger partial charge < -0.3 is 5.73 Å². The Morgan fingerprint density at radius 2 is 1.95 bits per heavy atom. The molecule has 0 radical (unpaired) electrons. The fraction of sp³-hybridized carbons (Fsp3) is 0.583. The molecule has 4 N–H and O–H groups in total. The molecule has 0 saturated carbocycles. The first-order valence-electron chi connectivity index (χ1n) is 6.04. The van der Waals surface area contributed by atoms with E-state index < -0.39 is 21.9 Å². The zero-order valence-corrected chi connectivity index (χ0v) is 13.3. The third kappa shape index (κ3) is 3.85. The largest absolute Gasteiger partial charge is 0.320 e. The minimum absolute atomic E-state index is 0.0463. The summed E-state index contributed by atoms with van der Waals surface area (Å²) in [6.45, 7) is 7.60. The number of nitrogens with two attached hydrogens (primary N) is 2. The van der Waals surface area contributed by atoms with Gasteiger partial charge in [0.05, 0.1) is 10.9 Å². The quantitative estimate of drug-likeness (QED) is 0.888. The van der Waals surface area contributed by atoms with E-state index in [1.807, 2.05) is 26.2 Å². The lowest BCUT2D eigenvalue weighted by atomic mass is 9.91. The maximum absolute atomic E-state index is 12.3. The molecule has 1 unspecified atom stereocenters. The Balaban J connectivity index is 3.06. The zero-order valence-electron chi connectivity index (χ0n) is 11.6. The molecule has 19 heavy (non-hydrogen) atoms. The second-order valence-electron chi connectivity index (χ2n) is 5.05. The maximum atomic E-state index is 12.3. The second-order valence-corrected chi connectivity index (χ2v) is 7.55. The van der Waals surface area contributed by atoms with Gasteiger partial charge in [0, 0.05) is 5.38 Å². The highest BCUT2D eigenvalue weighted by Crippen LogP contribution is 2.20. The van der Waals surface area contributed by atoms with E-state index in [4.69, 9.17) is 10.9 Å². The van der Waals surface area contributed by atoms with Gasteiger partial charge in [-0.25, -0.2) is 9.35 Å². The van der Waals surface area contributed by atoms with E-state index in [0.29, 0.717) is 4.90 Å². The minimum Gasteiger partial charge on any atom is -0.320 e. The third-order valence-electron chi connectivity index (χ3n) is 3.25. The molecule has 0 aliphatic carbocycles. The first-order valence-corrected chi connectivity index (χ1v) is 8.56. The van der Waals surface area contributed by atoms with Crippen molar-refractivity contribution in [2.24, 2.45) is 27.1 Å². The van der Waals surface area contributed by atoms with Gasteiger partial charge in [0.1, 0.15) is 9.92 Å². The van der Waals surface area contributed by atoms with Crippen LogP contribution < -0.4 is 10.9 Å². The molecular weight excluding hydrogens is 282 g/mol. The number of thiophene rings is 1. The van der Waals surface area contributed by atoms with Gasteiger partial charge in [-0.15, -0.1) is 4.36 Å². The Morgan fingerprint density at radius 3 is 2.37 bits per heavy atom. The molecule has 3 atom stereocenters. The van der Waals surface area contributed by atoms with E-state index in [-0.39, 0.29) is 11.8 Å². The highest BCUT2D eigenvalue weighted by molar-refractivity contribution is 7.91. The fourth-order valence-electron chi connectivity index (χ4n) is 1.53. The van der Waals surface area contributed by atoms with Crippen LogP contribution in [0.5, 0.6) is 0 Å². The lowest BCUT2D eigenvalue weighted by Gasteiger charge is -2.20. The van der Waals surface area contributed by atoms with Crippen LogP contribution in [0.25, 0.3) is 0 Å². The molecule has 0 aliphatic rings. The lowest BCUT2D eigenvalue weighted by molar-refractivity contribution is -0.120. The first kappa shape index (κ1) is 16.3. The molecule has 0 aromatic carbocycles. The van der Waals surface area contributed by atoms with Crippen LogP contribution in [0.1, 0.15) is 26.3 Å². The standard InChI is InChI=1S/C12H21N3O2S2/c1-7(2)9(4)11(13)12(16)15-19(14,17)10-6-18-5-8(10)3/h5-7,9,11H,13H2,1-4H3,(H2,14,15,16,17)/t9-,11-,19?/m0/s1. The average molecular weight is 303 g/mol. The van der Waals surface area contributed by atoms with Crippen molar-refractivity contribution in [3.8, 4) is 0 Å². The summed E-state index contributed by atoms with van der Waals surface area (Å²) in [6.07, 6.45) is 0. The molecule has 7 heteroatoms. The highest BCUT2D eigenvalue weighted by atomic mass is 32.2. The summed E-state index contributed by atoms with van der Waals surface area (Å²) in [6, 6.07) is -0.775. The lowest BCUT2D eigenvalue weighted by Crippen LogP contribution is -2.39. The number of hydrogen-bond acceptors (Lipinski definition) is 4. The predicted molar refractivity (Wildman–Crippen MR) is 79.1 cm³/mol. The monoisotopic (exact) mass is 303 g/mol. The molecule has 0 fully saturated rings. The number of nitrogens with zero attached hydrogens (tertiary/aromatic N) is 1. The van der Waals surface area contributed by atoms with Crippen molar-refractivity contribution in [3.63, 3.8) is 0 Å². The molecule has 1 amide bonds. The van der Waals surface area contributed by atoms with Gasteiger partial charge in [-0.2, -0.15) is 11.3 Å². The van der Waals surface area contributed by atoms with Crippen molar-refractivity contribution < 1.29 is 9.00 Å². The molecule has 0 aliphatic heterocycles. The van der Waals surface area contributed by atoms with Gasteiger partial charge >= 0.3 is 0 Å². The van der Waals surface area contributed by atoms with Crippen molar-refractivity contribution in [2.45, 2.75) is 38.6 Å². The van der Waals surface area contributed by atoms with Crippen LogP contribution in [0, 0.1) is 18.8 Å². The van der Waals surface area contributed by atoms with Crippen LogP contribution in [0.4, 0.5) is 0 Å². The molecule has 5 nitrogen and oxygen atoms in total. The van der Waals surface area contributed by atoms with Crippen LogP contribution in [0.3, 0.4) is 0 Å². The van der Waals surface area contributed by atoms with Gasteiger partial charge in [0.25, 0.3) is 5.91 Å². The molecule has 1 aromatic rings. The third-order valence-corrected chi connectivity index (χ3v) is 5.78. The number of carbonyl (C=O) groups excluding carboxylic acids is 1. The summed E-state index contributed by atoms with van der Waals surface area (Å²) >= 11 is 1.38. The molecular formula is C12H21N3O2S2. The van der Waals surface area contributed by atoms with Gasteiger partial charge in [0.2, 0.25) is 0 Å². The van der Waals surface area contributed by atoms with Crippen molar-refractivity contribution in [2.75, 3.05) is 0 Å². The SMILES string of the molecule is Cc1cscc1S(N)(=O)=NC(=O)[C@@H](N)[C@@H](C)C(C)C. The molecule has 1 heterocycles. The van der Waals surface area contributed by atoms with Crippen molar-refractivity contribution >= 4 is 27.2 Å². The fourth-order valence-corrected chi connectivity index (χ4v) is 4.04. The topological polar surface area (TPSA) is 98.5 Å². The van der Waals surface area contributed by atoms with Gasteiger partial charge in [-0.3, -0.25) is 4.79 Å². The average Bonchev–Trinajstić information content (AvgIpc) is 2.73. The summed E-state index contributed by atoms with van der Waals surface area (Å²) in [4.78, 5) is 12.4. The number of carbonyl (C=O) groups is 1. The molecule has 1 rings (SSSR count). The number of rotatable bonds is 4. The molecule has 0 bridgehead atoms. The Labute approximate surface area is 118 Å². The Morgan fingerprint density at radius 1 is 1.37 bits per heavy atom. The Hall–Kier alpha value is -0.760. The van der Waals surface area contributed by atoms with Crippen molar-refractivity contribution in [1.29, 1.82) is 0 Å². The summed E-state index contributed by atoms with van der Waals surface area (Å²) in [5.41, 5.74) is 6.62. The van der Waals surface area contributed by atoms with Gasteiger partial charge in [-0.1, -0.05) is 20.8 Å². The van der Waals surface area contributed by atoms with Crippen molar-refractivity contribution in [3.05, 3.63) is 16.3 Å². The Kier molecular flexibility index (Phi) is 5.26. The van der Waals surface area contributed by atoms with Crippen LogP contribution in [0.15, 0.2) is 20.0 Å². The van der Waals surface area contributed by atoms with Crippen LogP contribution in [-0.4, -0.2) is 16.2 Å². The molecule has 0 saturated heterocycles. The van der Waals surface area contributed by atoms with Gasteiger partial charge in [-0.05, 0) is 29.7 Å². The molecule has 1 aromatic heterocycles. The first-order chi connectivity index (χ1) is 8.66. The minimum atomic E-state index is -3.20. The maximum Gasteiger partial charge on any atom is 0.272 e. The number of hydrogen-bond donors (Lipinski definition) is 2. The highest BCUT2D eigenvalue weighted by Gasteiger charge is 2.25. The van der Waals surface area contributed by atoms with Crippen LogP contribution in [0.2, 0.25) is 0 Å². The Bertz CT molecular complexity index is 571. The van der Waals surface area contributed by atoms with Crippen LogP contribution >= 0.6 is 11.3 Å². The molecule has 108 valence electrons. The predicted octanol–water partition coefficient (Wildman–Crippen LogP) is 1.90. The zero-order chi connectivity index (χ0) is 14.8. The smallest absolute Gasteiger partial charge is 0.272 e. The van der Waals surface area contributed by atoms with Crippen LogP contribution in [-0.2, 0) is 14.7 Å². The van der Waals surface area contributed by atoms with E-state index >= 15 is 0 Å². The van der Waals surface area contributed by atoms with Gasteiger partial charge in [0.15, 0.2) is 0 Å². The van der Waals surface area contributed by atoms with E-state index in [1.54, 1.807) is 12.3 Å². The number of amides is 1. The summed E-state index contributed by atoms with van der Waals surface area (Å²) < 4.78 is 16.0. The van der Waals surface area contributed by atoms with E-state index in [9.17, 15) is 9.00 Å². The summed E-state index contributed by atoms with van der Waals surface area (Å²) in [7, 11) is -3.20. The summed E-state index contributed by atoms with van der Waals surface area (Å²) in [5, 5.41) is 9.17.